The topological polar surface area (TPSA) is 233 Å². The van der Waals surface area contributed by atoms with Crippen LogP contribution in [0.15, 0.2) is 0 Å². The van der Waals surface area contributed by atoms with E-state index in [1.54, 1.807) is 20.8 Å². The van der Waals surface area contributed by atoms with Crippen LogP contribution in [0.25, 0.3) is 0 Å². The lowest BCUT2D eigenvalue weighted by molar-refractivity contribution is -0.354. The molecular weight excluding hydrogens is 568 g/mol. The maximum absolute atomic E-state index is 11.9. The van der Waals surface area contributed by atoms with E-state index in [0.717, 1.165) is 0 Å². The highest BCUT2D eigenvalue weighted by atomic mass is 16.8. The van der Waals surface area contributed by atoms with Crippen molar-refractivity contribution in [3.8, 4) is 0 Å². The lowest BCUT2D eigenvalue weighted by Crippen LogP contribution is -2.62. The van der Waals surface area contributed by atoms with Gasteiger partial charge in [0.05, 0.1) is 37.1 Å². The van der Waals surface area contributed by atoms with Gasteiger partial charge in [-0.05, 0) is 20.8 Å². The Morgan fingerprint density at radius 2 is 1.24 bits per heavy atom. The molecule has 0 spiro atoms. The van der Waals surface area contributed by atoms with Gasteiger partial charge in [0.2, 0.25) is 0 Å². The average molecular weight is 613 g/mol. The monoisotopic (exact) mass is 612 g/mol. The van der Waals surface area contributed by atoms with Gasteiger partial charge in [-0.1, -0.05) is 0 Å². The molecule has 16 heteroatoms. The summed E-state index contributed by atoms with van der Waals surface area (Å²) in [6, 6.07) is 0. The molecule has 0 aliphatic carbocycles. The fourth-order valence-electron chi connectivity index (χ4n) is 5.84. The van der Waals surface area contributed by atoms with Crippen LogP contribution in [0.1, 0.15) is 47.0 Å². The lowest BCUT2D eigenvalue weighted by atomic mass is 9.98. The molecule has 4 aliphatic rings. The van der Waals surface area contributed by atoms with Crippen LogP contribution in [0.5, 0.6) is 0 Å². The molecule has 42 heavy (non-hydrogen) atoms. The van der Waals surface area contributed by atoms with Gasteiger partial charge in [0.15, 0.2) is 25.2 Å². The largest absolute Gasteiger partial charge is 0.459 e. The smallest absolute Gasteiger partial charge is 0.302 e. The molecule has 0 amide bonds. The van der Waals surface area contributed by atoms with Crippen molar-refractivity contribution < 1.29 is 78.4 Å². The standard InChI is InChI=1S/C26H44O16/c1-9-23(13(29)5-17(31)35-9)40-18-6-14(30)24(10(2)36-18)41-19-7-15(38-12(4)28)25(11(3)37-19)42-26-22(34)21(33)20(32)16(8-27)39-26/h9-11,13-27,29-34H,5-8H2,1-4H3/t9-,10-,11-,13+,14+,15+,16-,17?,18+,19+,20-,21+,22-,23-,24-,25-,26+/m1/s1. The summed E-state index contributed by atoms with van der Waals surface area (Å²) in [5.74, 6) is -0.625. The molecule has 0 radical (unpaired) electrons. The van der Waals surface area contributed by atoms with Gasteiger partial charge in [-0.3, -0.25) is 4.79 Å². The maximum Gasteiger partial charge on any atom is 0.302 e. The van der Waals surface area contributed by atoms with Crippen molar-refractivity contribution in [2.75, 3.05) is 6.61 Å². The normalized spacial score (nSPS) is 50.3. The average Bonchev–Trinajstić information content (AvgIpc) is 2.90. The van der Waals surface area contributed by atoms with Gasteiger partial charge in [0.1, 0.15) is 48.8 Å². The van der Waals surface area contributed by atoms with Crippen LogP contribution < -0.4 is 0 Å². The SMILES string of the molecule is CC(=O)O[C@H]1C[C@H](O[C@H]2[C@@H](O)C[C@H](O[C@H]3[C@@H](O)CC(O)O[C@@H]3C)O[C@@H]2C)O[C@H](C)[C@H]1O[C@@H]1O[C@H](CO)[C@@H](O)[C@H](O)[C@H]1O. The van der Waals surface area contributed by atoms with Crippen LogP contribution in [0.2, 0.25) is 0 Å². The summed E-state index contributed by atoms with van der Waals surface area (Å²) < 4.78 is 45.9. The minimum Gasteiger partial charge on any atom is -0.459 e. The summed E-state index contributed by atoms with van der Waals surface area (Å²) >= 11 is 0. The van der Waals surface area contributed by atoms with Crippen molar-refractivity contribution in [2.24, 2.45) is 0 Å². The van der Waals surface area contributed by atoms with Crippen LogP contribution in [-0.2, 0) is 42.7 Å². The van der Waals surface area contributed by atoms with Crippen molar-refractivity contribution in [3.05, 3.63) is 0 Å². The van der Waals surface area contributed by atoms with Gasteiger partial charge < -0.3 is 73.6 Å². The molecule has 4 fully saturated rings. The molecule has 17 atom stereocenters. The number of aliphatic hydroxyl groups is 7. The predicted molar refractivity (Wildman–Crippen MR) is 135 cm³/mol. The van der Waals surface area contributed by atoms with Gasteiger partial charge in [0, 0.05) is 26.2 Å². The number of hydrogen-bond acceptors (Lipinski definition) is 16. The van der Waals surface area contributed by atoms with E-state index < -0.39 is 117 Å². The first kappa shape index (κ1) is 33.8. The van der Waals surface area contributed by atoms with Crippen molar-refractivity contribution in [3.63, 3.8) is 0 Å². The minimum absolute atomic E-state index is 0.00595. The number of rotatable bonds is 8. The highest BCUT2D eigenvalue weighted by Gasteiger charge is 2.50. The Balaban J connectivity index is 1.37. The van der Waals surface area contributed by atoms with E-state index in [4.69, 9.17) is 37.9 Å². The van der Waals surface area contributed by atoms with E-state index in [2.05, 4.69) is 0 Å². The third kappa shape index (κ3) is 7.76. The van der Waals surface area contributed by atoms with E-state index in [9.17, 15) is 40.5 Å². The summed E-state index contributed by atoms with van der Waals surface area (Å²) in [6.07, 6.45) is -18.3. The van der Waals surface area contributed by atoms with Crippen molar-refractivity contribution >= 4 is 5.97 Å². The third-order valence-corrected chi connectivity index (χ3v) is 7.99. The summed E-state index contributed by atoms with van der Waals surface area (Å²) in [7, 11) is 0. The van der Waals surface area contributed by atoms with E-state index in [1.807, 2.05) is 0 Å². The van der Waals surface area contributed by atoms with Crippen LogP contribution >= 0.6 is 0 Å². The Labute approximate surface area is 242 Å². The second-order valence-electron chi connectivity index (χ2n) is 11.3. The van der Waals surface area contributed by atoms with Gasteiger partial charge in [0.25, 0.3) is 0 Å². The second-order valence-corrected chi connectivity index (χ2v) is 11.3. The fraction of sp³-hybridized carbons (Fsp3) is 0.962. The van der Waals surface area contributed by atoms with E-state index in [0.29, 0.717) is 0 Å². The van der Waals surface area contributed by atoms with Crippen molar-refractivity contribution in [1.82, 2.24) is 0 Å². The van der Waals surface area contributed by atoms with E-state index in [1.165, 1.54) is 6.92 Å². The molecule has 4 rings (SSSR count). The lowest BCUT2D eigenvalue weighted by Gasteiger charge is -2.46. The van der Waals surface area contributed by atoms with E-state index in [-0.39, 0.29) is 19.3 Å². The van der Waals surface area contributed by atoms with Gasteiger partial charge in [-0.15, -0.1) is 0 Å². The molecule has 16 nitrogen and oxygen atoms in total. The van der Waals surface area contributed by atoms with Gasteiger partial charge in [-0.25, -0.2) is 0 Å². The van der Waals surface area contributed by atoms with Gasteiger partial charge in [-0.2, -0.15) is 0 Å². The highest BCUT2D eigenvalue weighted by molar-refractivity contribution is 5.66. The Bertz CT molecular complexity index is 853. The molecule has 7 N–H and O–H groups in total. The van der Waals surface area contributed by atoms with E-state index >= 15 is 0 Å². The molecule has 4 aliphatic heterocycles. The zero-order valence-corrected chi connectivity index (χ0v) is 23.9. The zero-order valence-electron chi connectivity index (χ0n) is 23.9. The zero-order chi connectivity index (χ0) is 30.9. The Morgan fingerprint density at radius 3 is 1.79 bits per heavy atom. The highest BCUT2D eigenvalue weighted by Crippen LogP contribution is 2.34. The number of ether oxygens (including phenoxy) is 8. The van der Waals surface area contributed by atoms with Crippen LogP contribution in [0, 0.1) is 0 Å². The molecular formula is C26H44O16. The quantitative estimate of drug-likeness (QED) is 0.135. The number of hydrogen-bond donors (Lipinski definition) is 7. The predicted octanol–water partition coefficient (Wildman–Crippen LogP) is -3.01. The van der Waals surface area contributed by atoms with Crippen molar-refractivity contribution in [2.45, 2.75) is 151 Å². The molecule has 0 aromatic rings. The van der Waals surface area contributed by atoms with Crippen LogP contribution in [-0.4, -0.2) is 153 Å². The Kier molecular flexibility index (Phi) is 11.5. The first-order chi connectivity index (χ1) is 19.8. The fourth-order valence-corrected chi connectivity index (χ4v) is 5.84. The Hall–Kier alpha value is -1.09. The molecule has 1 unspecified atom stereocenters. The maximum atomic E-state index is 11.9. The van der Waals surface area contributed by atoms with Crippen molar-refractivity contribution in [1.29, 1.82) is 0 Å². The van der Waals surface area contributed by atoms with Crippen LogP contribution in [0.3, 0.4) is 0 Å². The molecule has 4 saturated heterocycles. The summed E-state index contributed by atoms with van der Waals surface area (Å²) in [6.45, 7) is 5.50. The number of carbonyl (C=O) groups excluding carboxylic acids is 1. The number of carbonyl (C=O) groups is 1. The van der Waals surface area contributed by atoms with Crippen LogP contribution in [0.4, 0.5) is 0 Å². The first-order valence-corrected chi connectivity index (χ1v) is 14.2. The molecule has 244 valence electrons. The number of aliphatic hydroxyl groups excluding tert-OH is 7. The Morgan fingerprint density at radius 1 is 0.690 bits per heavy atom. The molecule has 0 aromatic carbocycles. The summed E-state index contributed by atoms with van der Waals surface area (Å²) in [4.78, 5) is 11.9. The molecule has 0 bridgehead atoms. The molecule has 4 heterocycles. The third-order valence-electron chi connectivity index (χ3n) is 7.99. The van der Waals surface area contributed by atoms with Gasteiger partial charge >= 0.3 is 5.97 Å². The molecule has 0 saturated carbocycles. The molecule has 0 aromatic heterocycles. The summed E-state index contributed by atoms with van der Waals surface area (Å²) in [5, 5.41) is 70.9. The first-order valence-electron chi connectivity index (χ1n) is 14.2. The minimum atomic E-state index is -1.66. The number of esters is 1. The second kappa shape index (κ2) is 14.3. The summed E-state index contributed by atoms with van der Waals surface area (Å²) in [5.41, 5.74) is 0.